The number of rotatable bonds is 6. The fourth-order valence-electron chi connectivity index (χ4n) is 2.24. The smallest absolute Gasteiger partial charge is 0.0631 e. The highest BCUT2D eigenvalue weighted by Crippen LogP contribution is 2.35. The molecule has 0 aliphatic rings. The van der Waals surface area contributed by atoms with Crippen molar-refractivity contribution in [3.63, 3.8) is 0 Å². The molecule has 1 aromatic rings. The first kappa shape index (κ1) is 17.5. The Kier molecular flexibility index (Phi) is 7.41. The van der Waals surface area contributed by atoms with E-state index in [1.807, 2.05) is 0 Å². The number of hydrogen-bond acceptors (Lipinski definition) is 1. The Labute approximate surface area is 142 Å². The molecule has 0 saturated carbocycles. The first-order chi connectivity index (χ1) is 8.79. The lowest BCUT2D eigenvalue weighted by Gasteiger charge is -2.25. The molecule has 19 heavy (non-hydrogen) atoms. The van der Waals surface area contributed by atoms with Gasteiger partial charge in [0.05, 0.1) is 5.69 Å². The van der Waals surface area contributed by atoms with Gasteiger partial charge < -0.3 is 5.32 Å². The molecule has 0 amide bonds. The van der Waals surface area contributed by atoms with Gasteiger partial charge >= 0.3 is 0 Å². The molecule has 1 rings (SSSR count). The monoisotopic (exact) mass is 453 g/mol. The molecule has 0 spiro atoms. The Morgan fingerprint density at radius 3 is 1.68 bits per heavy atom. The van der Waals surface area contributed by atoms with Crippen LogP contribution in [0.15, 0.2) is 25.6 Å². The summed E-state index contributed by atoms with van der Waals surface area (Å²) < 4.78 is 3.25. The van der Waals surface area contributed by atoms with E-state index in [9.17, 15) is 0 Å². The van der Waals surface area contributed by atoms with Crippen LogP contribution < -0.4 is 5.32 Å². The molecule has 1 N–H and O–H groups in total. The molecule has 0 aliphatic carbocycles. The van der Waals surface area contributed by atoms with Gasteiger partial charge in [-0.15, -0.1) is 0 Å². The third kappa shape index (κ3) is 6.17. The van der Waals surface area contributed by atoms with E-state index < -0.39 is 0 Å². The van der Waals surface area contributed by atoms with Gasteiger partial charge in [-0.1, -0.05) is 43.6 Å². The third-order valence-corrected chi connectivity index (χ3v) is 4.58. The average molecular weight is 456 g/mol. The summed E-state index contributed by atoms with van der Waals surface area (Å²) in [5.41, 5.74) is 1.15. The molecule has 0 unspecified atom stereocenters. The van der Waals surface area contributed by atoms with E-state index in [1.54, 1.807) is 0 Å². The number of benzene rings is 1. The SMILES string of the molecule is CC(C)CC(CC(C)C)Nc1c(Br)cc(Br)cc1Br. The third-order valence-electron chi connectivity index (χ3n) is 2.87. The lowest BCUT2D eigenvalue weighted by molar-refractivity contribution is 0.442. The minimum atomic E-state index is 0.508. The van der Waals surface area contributed by atoms with Gasteiger partial charge in [0.25, 0.3) is 0 Å². The molecule has 0 fully saturated rings. The number of halogens is 3. The Morgan fingerprint density at radius 1 is 0.895 bits per heavy atom. The van der Waals surface area contributed by atoms with E-state index in [4.69, 9.17) is 0 Å². The van der Waals surface area contributed by atoms with Gasteiger partial charge in [-0.05, 0) is 68.7 Å². The molecule has 0 saturated heterocycles. The fraction of sp³-hybridized carbons (Fsp3) is 0.600. The number of nitrogens with one attached hydrogen (secondary N) is 1. The fourth-order valence-corrected chi connectivity index (χ4v) is 4.72. The predicted octanol–water partition coefficient (Wildman–Crippen LogP) is 6.85. The van der Waals surface area contributed by atoms with Crippen molar-refractivity contribution in [2.24, 2.45) is 11.8 Å². The van der Waals surface area contributed by atoms with Crippen LogP contribution in [0.25, 0.3) is 0 Å². The summed E-state index contributed by atoms with van der Waals surface area (Å²) in [4.78, 5) is 0. The minimum Gasteiger partial charge on any atom is -0.380 e. The molecular weight excluding hydrogens is 434 g/mol. The summed E-state index contributed by atoms with van der Waals surface area (Å²) in [5.74, 6) is 1.40. The van der Waals surface area contributed by atoms with Crippen molar-refractivity contribution in [3.05, 3.63) is 25.6 Å². The van der Waals surface area contributed by atoms with Gasteiger partial charge in [0.1, 0.15) is 0 Å². The van der Waals surface area contributed by atoms with Crippen molar-refractivity contribution in [3.8, 4) is 0 Å². The second-order valence-corrected chi connectivity index (χ2v) is 8.47. The van der Waals surface area contributed by atoms with Crippen LogP contribution >= 0.6 is 47.8 Å². The van der Waals surface area contributed by atoms with Crippen molar-refractivity contribution in [2.45, 2.75) is 46.6 Å². The quantitative estimate of drug-likeness (QED) is 0.494. The van der Waals surface area contributed by atoms with Gasteiger partial charge in [0.15, 0.2) is 0 Å². The molecule has 0 radical (unpaired) electrons. The maximum Gasteiger partial charge on any atom is 0.0631 e. The van der Waals surface area contributed by atoms with Crippen molar-refractivity contribution in [2.75, 3.05) is 5.32 Å². The van der Waals surface area contributed by atoms with E-state index in [-0.39, 0.29) is 0 Å². The van der Waals surface area contributed by atoms with Crippen LogP contribution in [-0.4, -0.2) is 6.04 Å². The van der Waals surface area contributed by atoms with E-state index >= 15 is 0 Å². The normalized spacial score (nSPS) is 11.7. The Morgan fingerprint density at radius 2 is 1.32 bits per heavy atom. The van der Waals surface area contributed by atoms with Crippen molar-refractivity contribution >= 4 is 53.5 Å². The van der Waals surface area contributed by atoms with Crippen LogP contribution in [0.1, 0.15) is 40.5 Å². The topological polar surface area (TPSA) is 12.0 Å². The molecule has 4 heteroatoms. The van der Waals surface area contributed by atoms with Gasteiger partial charge in [-0.25, -0.2) is 0 Å². The van der Waals surface area contributed by atoms with Crippen molar-refractivity contribution in [1.29, 1.82) is 0 Å². The summed E-state index contributed by atoms with van der Waals surface area (Å²) >= 11 is 10.8. The van der Waals surface area contributed by atoms with Crippen LogP contribution in [0, 0.1) is 11.8 Å². The predicted molar refractivity (Wildman–Crippen MR) is 95.9 cm³/mol. The van der Waals surface area contributed by atoms with Crippen LogP contribution in [0.4, 0.5) is 5.69 Å². The first-order valence-corrected chi connectivity index (χ1v) is 9.08. The summed E-state index contributed by atoms with van der Waals surface area (Å²) in [6.07, 6.45) is 2.38. The van der Waals surface area contributed by atoms with Gasteiger partial charge in [0.2, 0.25) is 0 Å². The molecular formula is C15H22Br3N. The van der Waals surface area contributed by atoms with Crippen LogP contribution in [0.5, 0.6) is 0 Å². The zero-order valence-electron chi connectivity index (χ0n) is 11.9. The molecule has 108 valence electrons. The molecule has 0 heterocycles. The summed E-state index contributed by atoms with van der Waals surface area (Å²) in [7, 11) is 0. The van der Waals surface area contributed by atoms with Gasteiger partial charge in [-0.2, -0.15) is 0 Å². The molecule has 1 nitrogen and oxygen atoms in total. The molecule has 0 aromatic heterocycles. The van der Waals surface area contributed by atoms with Gasteiger partial charge in [0, 0.05) is 19.5 Å². The second-order valence-electron chi connectivity index (χ2n) is 5.84. The highest BCUT2D eigenvalue weighted by atomic mass is 79.9. The summed E-state index contributed by atoms with van der Waals surface area (Å²) in [5, 5.41) is 3.69. The van der Waals surface area contributed by atoms with Gasteiger partial charge in [-0.3, -0.25) is 0 Å². The molecule has 0 bridgehead atoms. The van der Waals surface area contributed by atoms with E-state index in [0.717, 1.165) is 19.1 Å². The van der Waals surface area contributed by atoms with Crippen LogP contribution in [0.2, 0.25) is 0 Å². The highest BCUT2D eigenvalue weighted by molar-refractivity contribution is 9.11. The molecule has 0 aliphatic heterocycles. The maximum atomic E-state index is 3.69. The standard InChI is InChI=1S/C15H22Br3N/c1-9(2)5-12(6-10(3)4)19-15-13(17)7-11(16)8-14(15)18/h7-10,12,19H,5-6H2,1-4H3. The van der Waals surface area contributed by atoms with E-state index in [1.165, 1.54) is 12.8 Å². The van der Waals surface area contributed by atoms with Crippen LogP contribution in [0.3, 0.4) is 0 Å². The Balaban J connectivity index is 2.89. The number of anilines is 1. The molecule has 1 aromatic carbocycles. The second kappa shape index (κ2) is 8.04. The summed E-state index contributed by atoms with van der Waals surface area (Å²) in [6, 6.07) is 4.66. The lowest BCUT2D eigenvalue weighted by Crippen LogP contribution is -2.24. The Bertz CT molecular complexity index is 383. The summed E-state index contributed by atoms with van der Waals surface area (Å²) in [6.45, 7) is 9.11. The first-order valence-electron chi connectivity index (χ1n) is 6.70. The zero-order valence-corrected chi connectivity index (χ0v) is 16.7. The van der Waals surface area contributed by atoms with Crippen LogP contribution in [-0.2, 0) is 0 Å². The average Bonchev–Trinajstić information content (AvgIpc) is 2.21. The maximum absolute atomic E-state index is 3.69. The highest BCUT2D eigenvalue weighted by Gasteiger charge is 2.16. The lowest BCUT2D eigenvalue weighted by atomic mass is 9.95. The van der Waals surface area contributed by atoms with Crippen molar-refractivity contribution < 1.29 is 0 Å². The van der Waals surface area contributed by atoms with E-state index in [2.05, 4.69) is 92.9 Å². The largest absolute Gasteiger partial charge is 0.380 e. The Hall–Kier alpha value is 0.460. The number of hydrogen-bond donors (Lipinski definition) is 1. The van der Waals surface area contributed by atoms with Crippen molar-refractivity contribution in [1.82, 2.24) is 0 Å². The van der Waals surface area contributed by atoms with E-state index in [0.29, 0.717) is 17.9 Å². The molecule has 0 atom stereocenters. The zero-order chi connectivity index (χ0) is 14.6. The minimum absolute atomic E-state index is 0.508.